The average molecular weight is 152 g/mol. The number of hydrogen-bond acceptors (Lipinski definition) is 2. The van der Waals surface area contributed by atoms with Gasteiger partial charge in [-0.3, -0.25) is 4.99 Å². The van der Waals surface area contributed by atoms with Crippen molar-refractivity contribution < 1.29 is 4.39 Å². The Bertz CT molecular complexity index is 265. The van der Waals surface area contributed by atoms with Crippen LogP contribution >= 0.6 is 0 Å². The van der Waals surface area contributed by atoms with Crippen molar-refractivity contribution in [1.29, 1.82) is 0 Å². The van der Waals surface area contributed by atoms with Gasteiger partial charge in [0.15, 0.2) is 0 Å². The van der Waals surface area contributed by atoms with Crippen molar-refractivity contribution in [2.75, 3.05) is 6.54 Å². The van der Waals surface area contributed by atoms with Gasteiger partial charge in [0.05, 0.1) is 6.04 Å². The smallest absolute Gasteiger partial charge is 0.139 e. The first-order valence-corrected chi connectivity index (χ1v) is 3.65. The Kier molecular flexibility index (Phi) is 1.31. The second-order valence-electron chi connectivity index (χ2n) is 2.84. The molecular weight excluding hydrogens is 143 g/mol. The number of hydrogen-bond donors (Lipinski definition) is 0. The number of nitrogens with zero attached hydrogens (tertiary/aromatic N) is 2. The van der Waals surface area contributed by atoms with Crippen LogP contribution in [0.25, 0.3) is 0 Å². The molecule has 2 aliphatic heterocycles. The van der Waals surface area contributed by atoms with E-state index in [-0.39, 0.29) is 11.9 Å². The minimum atomic E-state index is -0.196. The highest BCUT2D eigenvalue weighted by Gasteiger charge is 2.20. The number of fused-ring (bicyclic) bond motifs is 1. The van der Waals surface area contributed by atoms with Crippen LogP contribution in [-0.4, -0.2) is 23.3 Å². The van der Waals surface area contributed by atoms with E-state index in [4.69, 9.17) is 0 Å². The molecule has 58 valence electrons. The Hall–Kier alpha value is -1.12. The summed E-state index contributed by atoms with van der Waals surface area (Å²) in [4.78, 5) is 6.12. The van der Waals surface area contributed by atoms with Crippen LogP contribution in [0.5, 0.6) is 0 Å². The maximum absolute atomic E-state index is 12.6. The summed E-state index contributed by atoms with van der Waals surface area (Å²) in [5, 5.41) is 0. The molecule has 0 spiro atoms. The molecule has 0 aliphatic carbocycles. The number of allylic oxidation sites excluding steroid dienone is 2. The Morgan fingerprint density at radius 1 is 1.64 bits per heavy atom. The SMILES string of the molecule is C[C@@H]1CN2C=C(F)C=CC2=N1. The van der Waals surface area contributed by atoms with E-state index in [0.29, 0.717) is 0 Å². The molecule has 0 aromatic rings. The third kappa shape index (κ3) is 1.06. The van der Waals surface area contributed by atoms with E-state index in [1.165, 1.54) is 12.3 Å². The summed E-state index contributed by atoms with van der Waals surface area (Å²) >= 11 is 0. The normalized spacial score (nSPS) is 28.2. The van der Waals surface area contributed by atoms with Crippen molar-refractivity contribution >= 4 is 5.84 Å². The van der Waals surface area contributed by atoms with Gasteiger partial charge in [-0.15, -0.1) is 0 Å². The molecule has 2 rings (SSSR count). The van der Waals surface area contributed by atoms with Gasteiger partial charge in [0.1, 0.15) is 11.7 Å². The minimum Gasteiger partial charge on any atom is -0.328 e. The molecule has 0 fully saturated rings. The lowest BCUT2D eigenvalue weighted by Crippen LogP contribution is -2.23. The number of halogens is 1. The molecule has 0 radical (unpaired) electrons. The highest BCUT2D eigenvalue weighted by Crippen LogP contribution is 2.17. The van der Waals surface area contributed by atoms with Gasteiger partial charge in [-0.05, 0) is 19.1 Å². The van der Waals surface area contributed by atoms with Gasteiger partial charge in [0.2, 0.25) is 0 Å². The molecule has 0 amide bonds. The fourth-order valence-corrected chi connectivity index (χ4v) is 1.32. The predicted octanol–water partition coefficient (Wildman–Crippen LogP) is 1.47. The van der Waals surface area contributed by atoms with Gasteiger partial charge in [0.25, 0.3) is 0 Å². The fraction of sp³-hybridized carbons (Fsp3) is 0.375. The van der Waals surface area contributed by atoms with Crippen LogP contribution in [0.2, 0.25) is 0 Å². The predicted molar refractivity (Wildman–Crippen MR) is 41.9 cm³/mol. The van der Waals surface area contributed by atoms with E-state index in [2.05, 4.69) is 4.99 Å². The molecule has 2 nitrogen and oxygen atoms in total. The zero-order valence-corrected chi connectivity index (χ0v) is 6.29. The summed E-state index contributed by atoms with van der Waals surface area (Å²) in [7, 11) is 0. The zero-order chi connectivity index (χ0) is 7.84. The highest BCUT2D eigenvalue weighted by atomic mass is 19.1. The van der Waals surface area contributed by atoms with E-state index >= 15 is 0 Å². The van der Waals surface area contributed by atoms with Crippen LogP contribution in [0, 0.1) is 0 Å². The van der Waals surface area contributed by atoms with Crippen LogP contribution < -0.4 is 0 Å². The first kappa shape index (κ1) is 6.58. The van der Waals surface area contributed by atoms with E-state index in [9.17, 15) is 4.39 Å². The maximum atomic E-state index is 12.6. The summed E-state index contributed by atoms with van der Waals surface area (Å²) in [6, 6.07) is 0.289. The standard InChI is InChI=1S/C8H9FN2/c1-6-4-11-5-7(9)2-3-8(11)10-6/h2-3,5-6H,4H2,1H3/t6-/m1/s1. The van der Waals surface area contributed by atoms with Gasteiger partial charge in [-0.25, -0.2) is 4.39 Å². The van der Waals surface area contributed by atoms with E-state index in [1.807, 2.05) is 11.8 Å². The van der Waals surface area contributed by atoms with Crippen LogP contribution in [0.15, 0.2) is 29.2 Å². The van der Waals surface area contributed by atoms with E-state index in [0.717, 1.165) is 12.4 Å². The highest BCUT2D eigenvalue weighted by molar-refractivity contribution is 5.96. The van der Waals surface area contributed by atoms with Gasteiger partial charge < -0.3 is 4.90 Å². The second-order valence-corrected chi connectivity index (χ2v) is 2.84. The lowest BCUT2D eigenvalue weighted by molar-refractivity contribution is 0.528. The van der Waals surface area contributed by atoms with Crippen LogP contribution in [0.1, 0.15) is 6.92 Å². The van der Waals surface area contributed by atoms with Crippen molar-refractivity contribution in [2.45, 2.75) is 13.0 Å². The largest absolute Gasteiger partial charge is 0.328 e. The molecule has 0 unspecified atom stereocenters. The topological polar surface area (TPSA) is 15.6 Å². The van der Waals surface area contributed by atoms with Crippen LogP contribution in [-0.2, 0) is 0 Å². The van der Waals surface area contributed by atoms with Crippen LogP contribution in [0.3, 0.4) is 0 Å². The van der Waals surface area contributed by atoms with Gasteiger partial charge in [-0.2, -0.15) is 0 Å². The lowest BCUT2D eigenvalue weighted by Gasteiger charge is -2.15. The molecular formula is C8H9FN2. The lowest BCUT2D eigenvalue weighted by atomic mass is 10.3. The zero-order valence-electron chi connectivity index (χ0n) is 6.29. The number of amidine groups is 1. The molecule has 2 heterocycles. The Balaban J connectivity index is 2.29. The summed E-state index contributed by atoms with van der Waals surface area (Å²) in [5.41, 5.74) is 0. The summed E-state index contributed by atoms with van der Waals surface area (Å²) in [6.45, 7) is 2.82. The Morgan fingerprint density at radius 2 is 2.45 bits per heavy atom. The van der Waals surface area contributed by atoms with Gasteiger partial charge in [-0.1, -0.05) is 0 Å². The molecule has 0 saturated carbocycles. The maximum Gasteiger partial charge on any atom is 0.139 e. The molecule has 0 aromatic carbocycles. The molecule has 1 atom stereocenters. The molecule has 0 bridgehead atoms. The van der Waals surface area contributed by atoms with E-state index < -0.39 is 0 Å². The summed E-state index contributed by atoms with van der Waals surface area (Å²) in [5.74, 6) is 0.678. The van der Waals surface area contributed by atoms with Crippen LogP contribution in [0.4, 0.5) is 4.39 Å². The fourth-order valence-electron chi connectivity index (χ4n) is 1.32. The summed E-state index contributed by atoms with van der Waals surface area (Å²) < 4.78 is 12.6. The molecule has 0 aromatic heterocycles. The third-order valence-electron chi connectivity index (χ3n) is 1.78. The monoisotopic (exact) mass is 152 g/mol. The number of aliphatic imine (C=N–C) groups is 1. The second kappa shape index (κ2) is 2.19. The third-order valence-corrected chi connectivity index (χ3v) is 1.78. The molecule has 2 aliphatic rings. The van der Waals surface area contributed by atoms with Crippen molar-refractivity contribution in [1.82, 2.24) is 4.90 Å². The first-order chi connectivity index (χ1) is 5.25. The van der Waals surface area contributed by atoms with Crippen molar-refractivity contribution in [3.63, 3.8) is 0 Å². The molecule has 0 saturated heterocycles. The van der Waals surface area contributed by atoms with E-state index in [1.54, 1.807) is 6.08 Å². The molecule has 3 heteroatoms. The van der Waals surface area contributed by atoms with Crippen molar-refractivity contribution in [3.05, 3.63) is 24.2 Å². The number of rotatable bonds is 0. The van der Waals surface area contributed by atoms with Crippen molar-refractivity contribution in [3.8, 4) is 0 Å². The van der Waals surface area contributed by atoms with Gasteiger partial charge in [0, 0.05) is 12.7 Å². The minimum absolute atomic E-state index is 0.196. The average Bonchev–Trinajstić information content (AvgIpc) is 2.27. The van der Waals surface area contributed by atoms with Gasteiger partial charge >= 0.3 is 0 Å². The quantitative estimate of drug-likeness (QED) is 0.513. The molecule has 0 N–H and O–H groups in total. The Morgan fingerprint density at radius 3 is 3.27 bits per heavy atom. The summed E-state index contributed by atoms with van der Waals surface area (Å²) in [6.07, 6.45) is 4.63. The molecule has 11 heavy (non-hydrogen) atoms. The van der Waals surface area contributed by atoms with Crippen molar-refractivity contribution in [2.24, 2.45) is 4.99 Å². The first-order valence-electron chi connectivity index (χ1n) is 3.65. The Labute approximate surface area is 64.7 Å².